The predicted molar refractivity (Wildman–Crippen MR) is 70.0 cm³/mol. The molecule has 2 rings (SSSR count). The van der Waals surface area contributed by atoms with Crippen molar-refractivity contribution in [2.24, 2.45) is 11.8 Å². The van der Waals surface area contributed by atoms with Gasteiger partial charge in [-0.2, -0.15) is 0 Å². The van der Waals surface area contributed by atoms with Crippen LogP contribution >= 0.6 is 15.9 Å². The highest BCUT2D eigenvalue weighted by molar-refractivity contribution is 9.10. The SMILES string of the molecule is C[C@@H](C=O)[C@@H]1CC(=O)N(c2ccc(Br)cc2)C1=O. The van der Waals surface area contributed by atoms with Gasteiger partial charge in [-0.15, -0.1) is 0 Å². The van der Waals surface area contributed by atoms with Crippen molar-refractivity contribution in [3.05, 3.63) is 28.7 Å². The average molecular weight is 310 g/mol. The van der Waals surface area contributed by atoms with Crippen molar-refractivity contribution >= 4 is 39.7 Å². The molecule has 1 fully saturated rings. The van der Waals surface area contributed by atoms with Crippen LogP contribution in [-0.2, 0) is 14.4 Å². The second-order valence-electron chi connectivity index (χ2n) is 4.35. The van der Waals surface area contributed by atoms with Crippen molar-refractivity contribution in [3.8, 4) is 0 Å². The van der Waals surface area contributed by atoms with Gasteiger partial charge in [-0.05, 0) is 24.3 Å². The Labute approximate surface area is 113 Å². The van der Waals surface area contributed by atoms with Gasteiger partial charge >= 0.3 is 0 Å². The van der Waals surface area contributed by atoms with Gasteiger partial charge < -0.3 is 4.79 Å². The van der Waals surface area contributed by atoms with Crippen LogP contribution in [0, 0.1) is 11.8 Å². The summed E-state index contributed by atoms with van der Waals surface area (Å²) in [7, 11) is 0. The monoisotopic (exact) mass is 309 g/mol. The van der Waals surface area contributed by atoms with Gasteiger partial charge in [0.2, 0.25) is 11.8 Å². The standard InChI is InChI=1S/C13H12BrNO3/c1-8(7-16)11-6-12(17)15(13(11)18)10-4-2-9(14)3-5-10/h2-5,7-8,11H,6H2,1H3/t8-,11-/m0/s1. The fourth-order valence-electron chi connectivity index (χ4n) is 2.02. The van der Waals surface area contributed by atoms with Crippen LogP contribution in [0.15, 0.2) is 28.7 Å². The topological polar surface area (TPSA) is 54.5 Å². The average Bonchev–Trinajstić information content (AvgIpc) is 2.65. The van der Waals surface area contributed by atoms with Gasteiger partial charge in [0.25, 0.3) is 0 Å². The normalized spacial score (nSPS) is 21.2. The van der Waals surface area contributed by atoms with Crippen LogP contribution in [-0.4, -0.2) is 18.1 Å². The zero-order valence-corrected chi connectivity index (χ0v) is 11.4. The number of hydrogen-bond acceptors (Lipinski definition) is 3. The number of hydrogen-bond donors (Lipinski definition) is 0. The van der Waals surface area contributed by atoms with E-state index in [9.17, 15) is 14.4 Å². The van der Waals surface area contributed by atoms with Crippen LogP contribution in [0.25, 0.3) is 0 Å². The molecule has 94 valence electrons. The zero-order valence-electron chi connectivity index (χ0n) is 9.80. The Kier molecular flexibility index (Phi) is 3.61. The summed E-state index contributed by atoms with van der Waals surface area (Å²) in [6.07, 6.45) is 0.829. The van der Waals surface area contributed by atoms with E-state index in [1.54, 1.807) is 31.2 Å². The second-order valence-corrected chi connectivity index (χ2v) is 5.27. The summed E-state index contributed by atoms with van der Waals surface area (Å²) in [5.41, 5.74) is 0.550. The summed E-state index contributed by atoms with van der Waals surface area (Å²) in [6, 6.07) is 6.94. The minimum atomic E-state index is -0.529. The minimum Gasteiger partial charge on any atom is -0.303 e. The first-order chi connectivity index (χ1) is 8.54. The number of nitrogens with zero attached hydrogens (tertiary/aromatic N) is 1. The zero-order chi connectivity index (χ0) is 13.3. The van der Waals surface area contributed by atoms with Crippen molar-refractivity contribution < 1.29 is 14.4 Å². The molecule has 1 aliphatic heterocycles. The fourth-order valence-corrected chi connectivity index (χ4v) is 2.29. The number of aldehydes is 1. The second kappa shape index (κ2) is 5.02. The molecular weight excluding hydrogens is 298 g/mol. The highest BCUT2D eigenvalue weighted by Gasteiger charge is 2.42. The number of amides is 2. The Morgan fingerprint density at radius 1 is 1.33 bits per heavy atom. The lowest BCUT2D eigenvalue weighted by atomic mass is 9.94. The van der Waals surface area contributed by atoms with E-state index in [-0.39, 0.29) is 18.2 Å². The van der Waals surface area contributed by atoms with Crippen molar-refractivity contribution in [1.29, 1.82) is 0 Å². The van der Waals surface area contributed by atoms with Gasteiger partial charge in [-0.3, -0.25) is 14.5 Å². The van der Waals surface area contributed by atoms with E-state index in [1.165, 1.54) is 0 Å². The number of benzene rings is 1. The van der Waals surface area contributed by atoms with Crippen LogP contribution in [0.4, 0.5) is 5.69 Å². The van der Waals surface area contributed by atoms with Gasteiger partial charge in [-0.25, -0.2) is 0 Å². The van der Waals surface area contributed by atoms with Crippen LogP contribution < -0.4 is 4.90 Å². The molecule has 1 saturated heterocycles. The van der Waals surface area contributed by atoms with Crippen LogP contribution in [0.5, 0.6) is 0 Å². The highest BCUT2D eigenvalue weighted by Crippen LogP contribution is 2.30. The van der Waals surface area contributed by atoms with Gasteiger partial charge in [0.15, 0.2) is 0 Å². The fraction of sp³-hybridized carbons (Fsp3) is 0.308. The molecule has 0 saturated carbocycles. The molecule has 4 nitrogen and oxygen atoms in total. The Bertz CT molecular complexity index is 497. The summed E-state index contributed by atoms with van der Waals surface area (Å²) < 4.78 is 0.878. The molecular formula is C13H12BrNO3. The third-order valence-corrected chi connectivity index (χ3v) is 3.64. The molecule has 0 spiro atoms. The Balaban J connectivity index is 2.29. The maximum atomic E-state index is 12.1. The smallest absolute Gasteiger partial charge is 0.238 e. The first-order valence-corrected chi connectivity index (χ1v) is 6.41. The highest BCUT2D eigenvalue weighted by atomic mass is 79.9. The minimum absolute atomic E-state index is 0.106. The predicted octanol–water partition coefficient (Wildman–Crippen LogP) is 2.16. The van der Waals surface area contributed by atoms with E-state index < -0.39 is 11.8 Å². The van der Waals surface area contributed by atoms with Crippen molar-refractivity contribution in [2.75, 3.05) is 4.90 Å². The molecule has 2 atom stereocenters. The van der Waals surface area contributed by atoms with E-state index in [0.29, 0.717) is 5.69 Å². The van der Waals surface area contributed by atoms with E-state index >= 15 is 0 Å². The molecule has 0 bridgehead atoms. The molecule has 1 aliphatic rings. The number of carbonyl (C=O) groups excluding carboxylic acids is 3. The third-order valence-electron chi connectivity index (χ3n) is 3.12. The van der Waals surface area contributed by atoms with Crippen LogP contribution in [0.3, 0.4) is 0 Å². The first kappa shape index (κ1) is 13.0. The molecule has 2 amide bonds. The molecule has 0 aliphatic carbocycles. The maximum Gasteiger partial charge on any atom is 0.238 e. The summed E-state index contributed by atoms with van der Waals surface area (Å²) in [6.45, 7) is 1.66. The number of imide groups is 1. The molecule has 0 unspecified atom stereocenters. The molecule has 0 N–H and O–H groups in total. The number of rotatable bonds is 3. The molecule has 1 heterocycles. The largest absolute Gasteiger partial charge is 0.303 e. The lowest BCUT2D eigenvalue weighted by molar-refractivity contribution is -0.125. The molecule has 0 aromatic heterocycles. The van der Waals surface area contributed by atoms with Gasteiger partial charge in [0.05, 0.1) is 11.6 Å². The van der Waals surface area contributed by atoms with E-state index in [4.69, 9.17) is 0 Å². The summed E-state index contributed by atoms with van der Waals surface area (Å²) >= 11 is 3.30. The maximum absolute atomic E-state index is 12.1. The Hall–Kier alpha value is -1.49. The Morgan fingerprint density at radius 3 is 2.50 bits per heavy atom. The lowest BCUT2D eigenvalue weighted by Gasteiger charge is -2.16. The number of halogens is 1. The van der Waals surface area contributed by atoms with Crippen molar-refractivity contribution in [1.82, 2.24) is 0 Å². The third kappa shape index (κ3) is 2.22. The van der Waals surface area contributed by atoms with Gasteiger partial charge in [0.1, 0.15) is 6.29 Å². The van der Waals surface area contributed by atoms with Crippen molar-refractivity contribution in [2.45, 2.75) is 13.3 Å². The first-order valence-electron chi connectivity index (χ1n) is 5.62. The molecule has 1 aromatic rings. The Morgan fingerprint density at radius 2 is 1.94 bits per heavy atom. The molecule has 5 heteroatoms. The van der Waals surface area contributed by atoms with E-state index in [1.807, 2.05) is 0 Å². The lowest BCUT2D eigenvalue weighted by Crippen LogP contribution is -2.32. The van der Waals surface area contributed by atoms with Crippen LogP contribution in [0.2, 0.25) is 0 Å². The number of carbonyl (C=O) groups is 3. The van der Waals surface area contributed by atoms with E-state index in [0.717, 1.165) is 15.7 Å². The molecule has 1 aromatic carbocycles. The van der Waals surface area contributed by atoms with Gasteiger partial charge in [-0.1, -0.05) is 22.9 Å². The molecule has 0 radical (unpaired) electrons. The quantitative estimate of drug-likeness (QED) is 0.635. The van der Waals surface area contributed by atoms with Crippen LogP contribution in [0.1, 0.15) is 13.3 Å². The van der Waals surface area contributed by atoms with Crippen molar-refractivity contribution in [3.63, 3.8) is 0 Å². The molecule has 18 heavy (non-hydrogen) atoms. The van der Waals surface area contributed by atoms with Gasteiger partial charge in [0, 0.05) is 16.8 Å². The summed E-state index contributed by atoms with van der Waals surface area (Å²) in [5.74, 6) is -1.50. The summed E-state index contributed by atoms with van der Waals surface area (Å²) in [5, 5.41) is 0. The summed E-state index contributed by atoms with van der Waals surface area (Å²) in [4.78, 5) is 35.9. The number of anilines is 1. The van der Waals surface area contributed by atoms with E-state index in [2.05, 4.69) is 15.9 Å².